The van der Waals surface area contributed by atoms with E-state index >= 15 is 0 Å². The van der Waals surface area contributed by atoms with Crippen molar-refractivity contribution in [3.63, 3.8) is 0 Å². The molecule has 8 heteroatoms. The lowest BCUT2D eigenvalue weighted by Crippen LogP contribution is -2.39. The molecule has 1 aromatic rings. The first-order valence-corrected chi connectivity index (χ1v) is 7.85. The number of hydrogen-bond acceptors (Lipinski definition) is 4. The summed E-state index contributed by atoms with van der Waals surface area (Å²) in [6.07, 6.45) is 0. The van der Waals surface area contributed by atoms with Crippen LogP contribution in [0.1, 0.15) is 13.8 Å². The largest absolute Gasteiger partial charge is 0.480 e. The number of halogens is 1. The van der Waals surface area contributed by atoms with Gasteiger partial charge >= 0.3 is 5.97 Å². The Labute approximate surface area is 121 Å². The number of rotatable bonds is 6. The van der Waals surface area contributed by atoms with Gasteiger partial charge in [-0.3, -0.25) is 9.59 Å². The van der Waals surface area contributed by atoms with Crippen molar-refractivity contribution in [3.05, 3.63) is 30.1 Å². The van der Waals surface area contributed by atoms with Crippen LogP contribution in [0.4, 0.5) is 10.1 Å². The summed E-state index contributed by atoms with van der Waals surface area (Å²) >= 11 is 0. The van der Waals surface area contributed by atoms with Crippen molar-refractivity contribution in [1.29, 1.82) is 0 Å². The van der Waals surface area contributed by atoms with Crippen LogP contribution >= 0.6 is 0 Å². The monoisotopic (exact) mass is 317 g/mol. The zero-order valence-corrected chi connectivity index (χ0v) is 12.4. The minimum Gasteiger partial charge on any atom is -0.480 e. The van der Waals surface area contributed by atoms with Crippen LogP contribution in [0.2, 0.25) is 0 Å². The summed E-state index contributed by atoms with van der Waals surface area (Å²) < 4.78 is 37.3. The number of nitrogens with one attached hydrogen (secondary N) is 1. The van der Waals surface area contributed by atoms with Gasteiger partial charge in [-0.15, -0.1) is 0 Å². The summed E-state index contributed by atoms with van der Waals surface area (Å²) in [5.41, 5.74) is -0.158. The lowest BCUT2D eigenvalue weighted by molar-refractivity contribution is -0.137. The van der Waals surface area contributed by atoms with Crippen LogP contribution in [0.5, 0.6) is 0 Å². The molecule has 21 heavy (non-hydrogen) atoms. The SMILES string of the molecule is CC(C)C(C(=O)O)S(=O)(=O)CC(=O)Nc1ccccc1F. The van der Waals surface area contributed by atoms with E-state index in [4.69, 9.17) is 5.11 Å². The maximum absolute atomic E-state index is 13.3. The van der Waals surface area contributed by atoms with Gasteiger partial charge in [-0.2, -0.15) is 0 Å². The number of sulfone groups is 1. The van der Waals surface area contributed by atoms with Crippen LogP contribution in [-0.2, 0) is 19.4 Å². The van der Waals surface area contributed by atoms with Crippen molar-refractivity contribution < 1.29 is 27.5 Å². The third-order valence-corrected chi connectivity index (χ3v) is 4.90. The standard InChI is InChI=1S/C13H16FNO5S/c1-8(2)12(13(17)18)21(19,20)7-11(16)15-10-6-4-3-5-9(10)14/h3-6,8,12H,7H2,1-2H3,(H,15,16)(H,17,18). The Kier molecular flexibility index (Phi) is 5.42. The van der Waals surface area contributed by atoms with Crippen molar-refractivity contribution in [2.45, 2.75) is 19.1 Å². The molecule has 0 radical (unpaired) electrons. The summed E-state index contributed by atoms with van der Waals surface area (Å²) in [6, 6.07) is 5.28. The Morgan fingerprint density at radius 1 is 1.29 bits per heavy atom. The fraction of sp³-hybridized carbons (Fsp3) is 0.385. The first-order valence-electron chi connectivity index (χ1n) is 6.14. The van der Waals surface area contributed by atoms with Gasteiger partial charge in [0.1, 0.15) is 11.6 Å². The molecule has 0 spiro atoms. The lowest BCUT2D eigenvalue weighted by Gasteiger charge is -2.16. The molecule has 1 rings (SSSR count). The Morgan fingerprint density at radius 3 is 2.33 bits per heavy atom. The van der Waals surface area contributed by atoms with Gasteiger partial charge in [-0.05, 0) is 18.1 Å². The number of anilines is 1. The average Bonchev–Trinajstić information content (AvgIpc) is 2.29. The van der Waals surface area contributed by atoms with Crippen LogP contribution in [0.3, 0.4) is 0 Å². The number of carbonyl (C=O) groups is 2. The predicted molar refractivity (Wildman–Crippen MR) is 75.1 cm³/mol. The van der Waals surface area contributed by atoms with Crippen LogP contribution in [0.15, 0.2) is 24.3 Å². The smallest absolute Gasteiger partial charge is 0.322 e. The number of carboxylic acid groups (broad SMARTS) is 1. The number of para-hydroxylation sites is 1. The van der Waals surface area contributed by atoms with Gasteiger partial charge in [-0.1, -0.05) is 26.0 Å². The molecule has 6 nitrogen and oxygen atoms in total. The van der Waals surface area contributed by atoms with E-state index in [-0.39, 0.29) is 5.69 Å². The molecule has 0 saturated heterocycles. The molecule has 1 unspecified atom stereocenters. The minimum absolute atomic E-state index is 0.158. The highest BCUT2D eigenvalue weighted by Gasteiger charge is 2.36. The Morgan fingerprint density at radius 2 is 1.86 bits per heavy atom. The maximum atomic E-state index is 13.3. The van der Waals surface area contributed by atoms with Crippen molar-refractivity contribution >= 4 is 27.4 Å². The van der Waals surface area contributed by atoms with Gasteiger partial charge in [0.05, 0.1) is 5.69 Å². The number of carbonyl (C=O) groups excluding carboxylic acids is 1. The third-order valence-electron chi connectivity index (χ3n) is 2.72. The zero-order chi connectivity index (χ0) is 16.2. The maximum Gasteiger partial charge on any atom is 0.322 e. The van der Waals surface area contributed by atoms with Gasteiger partial charge in [0.15, 0.2) is 15.1 Å². The number of hydrogen-bond donors (Lipinski definition) is 2. The highest BCUT2D eigenvalue weighted by atomic mass is 32.2. The fourth-order valence-electron chi connectivity index (χ4n) is 1.87. The van der Waals surface area contributed by atoms with E-state index < -0.39 is 44.5 Å². The molecule has 0 saturated carbocycles. The van der Waals surface area contributed by atoms with E-state index in [0.717, 1.165) is 6.07 Å². The highest BCUT2D eigenvalue weighted by Crippen LogP contribution is 2.16. The second-order valence-electron chi connectivity index (χ2n) is 4.84. The van der Waals surface area contributed by atoms with Gasteiger partial charge in [0.2, 0.25) is 5.91 Å². The van der Waals surface area contributed by atoms with Gasteiger partial charge in [0.25, 0.3) is 0 Å². The highest BCUT2D eigenvalue weighted by molar-refractivity contribution is 7.93. The zero-order valence-electron chi connectivity index (χ0n) is 11.5. The topological polar surface area (TPSA) is 101 Å². The number of amides is 1. The Bertz CT molecular complexity index is 642. The first-order chi connectivity index (χ1) is 9.65. The molecular formula is C13H16FNO5S. The van der Waals surface area contributed by atoms with Crippen molar-refractivity contribution in [1.82, 2.24) is 0 Å². The second-order valence-corrected chi connectivity index (χ2v) is 6.96. The van der Waals surface area contributed by atoms with E-state index in [9.17, 15) is 22.4 Å². The van der Waals surface area contributed by atoms with E-state index in [1.54, 1.807) is 0 Å². The molecule has 0 aliphatic carbocycles. The van der Waals surface area contributed by atoms with E-state index in [1.165, 1.54) is 32.0 Å². The predicted octanol–water partition coefficient (Wildman–Crippen LogP) is 1.29. The molecule has 2 N–H and O–H groups in total. The Balaban J connectivity index is 2.87. The first kappa shape index (κ1) is 17.1. The van der Waals surface area contributed by atoms with Crippen molar-refractivity contribution in [3.8, 4) is 0 Å². The van der Waals surface area contributed by atoms with Crippen LogP contribution in [0.25, 0.3) is 0 Å². The van der Waals surface area contributed by atoms with Crippen LogP contribution < -0.4 is 5.32 Å². The van der Waals surface area contributed by atoms with E-state index in [1.807, 2.05) is 0 Å². The van der Waals surface area contributed by atoms with E-state index in [2.05, 4.69) is 5.32 Å². The molecule has 0 bridgehead atoms. The molecule has 0 heterocycles. The molecule has 116 valence electrons. The molecule has 0 fully saturated rings. The Hall–Kier alpha value is -1.96. The molecule has 1 amide bonds. The number of benzene rings is 1. The third kappa shape index (κ3) is 4.52. The summed E-state index contributed by atoms with van der Waals surface area (Å²) in [5.74, 6) is -4.90. The summed E-state index contributed by atoms with van der Waals surface area (Å²) in [4.78, 5) is 22.7. The summed E-state index contributed by atoms with van der Waals surface area (Å²) in [5, 5.41) is 9.39. The van der Waals surface area contributed by atoms with E-state index in [0.29, 0.717) is 0 Å². The van der Waals surface area contributed by atoms with Gasteiger partial charge in [0, 0.05) is 0 Å². The molecule has 0 aliphatic heterocycles. The van der Waals surface area contributed by atoms with Crippen molar-refractivity contribution in [2.24, 2.45) is 5.92 Å². The van der Waals surface area contributed by atoms with Crippen LogP contribution in [-0.4, -0.2) is 36.4 Å². The summed E-state index contributed by atoms with van der Waals surface area (Å²) in [6.45, 7) is 2.87. The molecule has 1 atom stereocenters. The van der Waals surface area contributed by atoms with Gasteiger partial charge < -0.3 is 10.4 Å². The summed E-state index contributed by atoms with van der Waals surface area (Å²) in [7, 11) is -4.19. The molecule has 0 aliphatic rings. The van der Waals surface area contributed by atoms with Gasteiger partial charge in [-0.25, -0.2) is 12.8 Å². The second kappa shape index (κ2) is 6.66. The lowest BCUT2D eigenvalue weighted by atomic mass is 10.1. The van der Waals surface area contributed by atoms with Crippen LogP contribution in [0, 0.1) is 11.7 Å². The van der Waals surface area contributed by atoms with Crippen molar-refractivity contribution in [2.75, 3.05) is 11.1 Å². The minimum atomic E-state index is -4.19. The fourth-order valence-corrected chi connectivity index (χ4v) is 3.63. The number of aliphatic carboxylic acids is 1. The number of carboxylic acids is 1. The molecule has 1 aromatic carbocycles. The molecular weight excluding hydrogens is 301 g/mol. The average molecular weight is 317 g/mol. The molecule has 0 aromatic heterocycles. The normalized spacial score (nSPS) is 13.0. The quantitative estimate of drug-likeness (QED) is 0.823.